The molecule has 1 aromatic carbocycles. The Hall–Kier alpha value is -0.830. The molecule has 0 saturated heterocycles. The second kappa shape index (κ2) is 3.84. The van der Waals surface area contributed by atoms with Gasteiger partial charge in [-0.05, 0) is 43.4 Å². The van der Waals surface area contributed by atoms with Crippen LogP contribution in [-0.4, -0.2) is 12.6 Å². The molecule has 2 unspecified atom stereocenters. The summed E-state index contributed by atoms with van der Waals surface area (Å²) in [6.45, 7) is 2.35. The largest absolute Gasteiger partial charge is 0.466 e. The van der Waals surface area contributed by atoms with E-state index in [9.17, 15) is 4.79 Å². The highest BCUT2D eigenvalue weighted by molar-refractivity contribution is 9.10. The number of benzene rings is 1. The Bertz CT molecular complexity index is 483. The summed E-state index contributed by atoms with van der Waals surface area (Å²) in [4.78, 5) is 11.8. The van der Waals surface area contributed by atoms with Crippen molar-refractivity contribution >= 4 is 21.9 Å². The van der Waals surface area contributed by atoms with Crippen LogP contribution >= 0.6 is 15.9 Å². The molecule has 17 heavy (non-hydrogen) atoms. The topological polar surface area (TPSA) is 26.3 Å². The summed E-state index contributed by atoms with van der Waals surface area (Å²) >= 11 is 3.60. The van der Waals surface area contributed by atoms with Crippen molar-refractivity contribution in [1.29, 1.82) is 0 Å². The molecule has 0 radical (unpaired) electrons. The molecule has 1 aromatic rings. The van der Waals surface area contributed by atoms with E-state index < -0.39 is 0 Å². The normalized spacial score (nSPS) is 29.2. The standard InChI is InChI=1S/C14H15BrO2/c1-2-17-13(16)11-8-14(11)7-6-9-10(14)4-3-5-12(9)15/h3-5,11H,2,6-8H2,1H3. The van der Waals surface area contributed by atoms with Gasteiger partial charge in [0.15, 0.2) is 0 Å². The smallest absolute Gasteiger partial charge is 0.309 e. The van der Waals surface area contributed by atoms with Gasteiger partial charge in [-0.3, -0.25) is 4.79 Å². The molecule has 2 aliphatic carbocycles. The number of hydrogen-bond donors (Lipinski definition) is 0. The molecular weight excluding hydrogens is 280 g/mol. The number of carbonyl (C=O) groups is 1. The lowest BCUT2D eigenvalue weighted by molar-refractivity contribution is -0.145. The minimum atomic E-state index is -0.0136. The molecule has 0 aromatic heterocycles. The summed E-state index contributed by atoms with van der Waals surface area (Å²) < 4.78 is 6.33. The number of hydrogen-bond acceptors (Lipinski definition) is 2. The molecule has 3 heteroatoms. The highest BCUT2D eigenvalue weighted by Gasteiger charge is 2.62. The number of esters is 1. The summed E-state index contributed by atoms with van der Waals surface area (Å²) in [6.07, 6.45) is 3.14. The quantitative estimate of drug-likeness (QED) is 0.783. The van der Waals surface area contributed by atoms with Crippen molar-refractivity contribution in [3.8, 4) is 0 Å². The third-order valence-electron chi connectivity index (χ3n) is 4.12. The van der Waals surface area contributed by atoms with Gasteiger partial charge in [-0.15, -0.1) is 0 Å². The third kappa shape index (κ3) is 1.55. The molecule has 2 aliphatic rings. The van der Waals surface area contributed by atoms with Crippen molar-refractivity contribution in [2.24, 2.45) is 5.92 Å². The number of rotatable bonds is 2. The van der Waals surface area contributed by atoms with Gasteiger partial charge in [0.2, 0.25) is 0 Å². The van der Waals surface area contributed by atoms with Gasteiger partial charge in [0, 0.05) is 9.89 Å². The first-order chi connectivity index (χ1) is 8.19. The maximum absolute atomic E-state index is 11.8. The van der Waals surface area contributed by atoms with Crippen molar-refractivity contribution in [2.45, 2.75) is 31.6 Å². The van der Waals surface area contributed by atoms with Crippen LogP contribution in [0.1, 0.15) is 30.9 Å². The highest BCUT2D eigenvalue weighted by atomic mass is 79.9. The Labute approximate surface area is 109 Å². The van der Waals surface area contributed by atoms with Gasteiger partial charge in [-0.25, -0.2) is 0 Å². The molecule has 2 nitrogen and oxygen atoms in total. The van der Waals surface area contributed by atoms with E-state index in [1.165, 1.54) is 15.6 Å². The Morgan fingerprint density at radius 2 is 2.41 bits per heavy atom. The highest BCUT2D eigenvalue weighted by Crippen LogP contribution is 2.62. The van der Waals surface area contributed by atoms with Crippen LogP contribution in [0.2, 0.25) is 0 Å². The number of ether oxygens (including phenoxy) is 1. The zero-order valence-corrected chi connectivity index (χ0v) is 11.4. The molecule has 0 bridgehead atoms. The average Bonchev–Trinajstić information content (AvgIpc) is 2.91. The fourth-order valence-electron chi connectivity index (χ4n) is 3.19. The predicted octanol–water partition coefficient (Wildman–Crippen LogP) is 3.22. The van der Waals surface area contributed by atoms with Crippen molar-refractivity contribution in [3.05, 3.63) is 33.8 Å². The van der Waals surface area contributed by atoms with Gasteiger partial charge in [-0.2, -0.15) is 0 Å². The van der Waals surface area contributed by atoms with Gasteiger partial charge in [0.25, 0.3) is 0 Å². The molecule has 90 valence electrons. The van der Waals surface area contributed by atoms with Crippen molar-refractivity contribution in [1.82, 2.24) is 0 Å². The predicted molar refractivity (Wildman–Crippen MR) is 68.9 cm³/mol. The summed E-state index contributed by atoms with van der Waals surface area (Å²) in [5, 5.41) is 0. The first-order valence-corrected chi connectivity index (χ1v) is 6.93. The van der Waals surface area contributed by atoms with Crippen LogP contribution in [-0.2, 0) is 21.4 Å². The Morgan fingerprint density at radius 3 is 3.18 bits per heavy atom. The minimum absolute atomic E-state index is 0.0136. The van der Waals surface area contributed by atoms with Crippen LogP contribution < -0.4 is 0 Å². The summed E-state index contributed by atoms with van der Waals surface area (Å²) in [7, 11) is 0. The van der Waals surface area contributed by atoms with Gasteiger partial charge in [0.1, 0.15) is 0 Å². The zero-order valence-electron chi connectivity index (χ0n) is 9.83. The van der Waals surface area contributed by atoms with E-state index in [1.807, 2.05) is 6.92 Å². The maximum Gasteiger partial charge on any atom is 0.309 e. The summed E-state index contributed by atoms with van der Waals surface area (Å²) in [5.74, 6) is 0.0818. The lowest BCUT2D eigenvalue weighted by Crippen LogP contribution is -2.15. The van der Waals surface area contributed by atoms with E-state index in [-0.39, 0.29) is 17.3 Å². The molecule has 0 aliphatic heterocycles. The summed E-state index contributed by atoms with van der Waals surface area (Å²) in [5.41, 5.74) is 2.86. The van der Waals surface area contributed by atoms with E-state index in [4.69, 9.17) is 4.74 Å². The van der Waals surface area contributed by atoms with Crippen LogP contribution in [0, 0.1) is 5.92 Å². The van der Waals surface area contributed by atoms with Crippen molar-refractivity contribution in [3.63, 3.8) is 0 Å². The van der Waals surface area contributed by atoms with Crippen LogP contribution in [0.4, 0.5) is 0 Å². The van der Waals surface area contributed by atoms with Gasteiger partial charge in [-0.1, -0.05) is 28.1 Å². The van der Waals surface area contributed by atoms with Gasteiger partial charge in [0.05, 0.1) is 12.5 Å². The molecule has 1 fully saturated rings. The molecular formula is C14H15BrO2. The second-order valence-corrected chi connectivity index (χ2v) is 5.79. The second-order valence-electron chi connectivity index (χ2n) is 4.93. The third-order valence-corrected chi connectivity index (χ3v) is 4.87. The van der Waals surface area contributed by atoms with Gasteiger partial charge < -0.3 is 4.74 Å². The number of carbonyl (C=O) groups excluding carboxylic acids is 1. The zero-order chi connectivity index (χ0) is 12.0. The fourth-order valence-corrected chi connectivity index (χ4v) is 3.76. The van der Waals surface area contributed by atoms with Crippen molar-refractivity contribution in [2.75, 3.05) is 6.61 Å². The Kier molecular flexibility index (Phi) is 2.54. The summed E-state index contributed by atoms with van der Waals surface area (Å²) in [6, 6.07) is 6.32. The lowest BCUT2D eigenvalue weighted by atomic mass is 9.95. The fraction of sp³-hybridized carbons (Fsp3) is 0.500. The molecule has 2 atom stereocenters. The molecule has 0 heterocycles. The Balaban J connectivity index is 1.91. The SMILES string of the molecule is CCOC(=O)C1CC12CCc1c(Br)cccc12. The van der Waals surface area contributed by atoms with Crippen LogP contribution in [0.3, 0.4) is 0 Å². The number of fused-ring (bicyclic) bond motifs is 2. The maximum atomic E-state index is 11.8. The van der Waals surface area contributed by atoms with E-state index in [2.05, 4.69) is 34.1 Å². The molecule has 3 rings (SSSR count). The average molecular weight is 295 g/mol. The molecule has 0 amide bonds. The minimum Gasteiger partial charge on any atom is -0.466 e. The lowest BCUT2D eigenvalue weighted by Gasteiger charge is -2.11. The first kappa shape index (κ1) is 11.3. The van der Waals surface area contributed by atoms with Crippen LogP contribution in [0.15, 0.2) is 22.7 Å². The van der Waals surface area contributed by atoms with Crippen molar-refractivity contribution < 1.29 is 9.53 Å². The van der Waals surface area contributed by atoms with Crippen LogP contribution in [0.25, 0.3) is 0 Å². The number of halogens is 1. The molecule has 1 saturated carbocycles. The Morgan fingerprint density at radius 1 is 1.59 bits per heavy atom. The molecule has 0 N–H and O–H groups in total. The van der Waals surface area contributed by atoms with Crippen LogP contribution in [0.5, 0.6) is 0 Å². The van der Waals surface area contributed by atoms with E-state index in [1.54, 1.807) is 0 Å². The first-order valence-electron chi connectivity index (χ1n) is 6.13. The molecule has 1 spiro atoms. The van der Waals surface area contributed by atoms with E-state index in [0.717, 1.165) is 19.3 Å². The van der Waals surface area contributed by atoms with E-state index >= 15 is 0 Å². The van der Waals surface area contributed by atoms with Gasteiger partial charge >= 0.3 is 5.97 Å². The van der Waals surface area contributed by atoms with E-state index in [0.29, 0.717) is 6.61 Å². The monoisotopic (exact) mass is 294 g/mol.